The van der Waals surface area contributed by atoms with E-state index in [1.54, 1.807) is 12.1 Å². The number of benzene rings is 1. The maximum atomic E-state index is 13.2. The third kappa shape index (κ3) is 8.45. The Morgan fingerprint density at radius 1 is 1.26 bits per heavy atom. The van der Waals surface area contributed by atoms with Crippen LogP contribution in [0.1, 0.15) is 32.8 Å². The molecule has 2 rings (SSSR count). The quantitative estimate of drug-likeness (QED) is 0.279. The third-order valence-electron chi connectivity index (χ3n) is 4.45. The van der Waals surface area contributed by atoms with Gasteiger partial charge in [0, 0.05) is 26.2 Å². The SMILES string of the molecule is CCNC(=NCCNC(=O)Cc1cccc(F)c1)N1CC(C)CC(C)C1.I. The summed E-state index contributed by atoms with van der Waals surface area (Å²) in [5.74, 6) is 1.81. The molecule has 2 N–H and O–H groups in total. The fourth-order valence-electron chi connectivity index (χ4n) is 3.51. The van der Waals surface area contributed by atoms with Gasteiger partial charge in [0.05, 0.1) is 13.0 Å². The third-order valence-corrected chi connectivity index (χ3v) is 4.45. The van der Waals surface area contributed by atoms with Gasteiger partial charge in [0.1, 0.15) is 5.82 Å². The summed E-state index contributed by atoms with van der Waals surface area (Å²) < 4.78 is 13.2. The fourth-order valence-corrected chi connectivity index (χ4v) is 3.51. The lowest BCUT2D eigenvalue weighted by Crippen LogP contribution is -2.48. The standard InChI is InChI=1S/C20H31FN4O.HI/c1-4-22-20(25-13-15(2)10-16(3)14-25)24-9-8-23-19(26)12-17-6-5-7-18(21)11-17;/h5-7,11,15-16H,4,8-10,12-14H2,1-3H3,(H,22,24)(H,23,26);1H. The highest BCUT2D eigenvalue weighted by molar-refractivity contribution is 14.0. The van der Waals surface area contributed by atoms with E-state index >= 15 is 0 Å². The van der Waals surface area contributed by atoms with Gasteiger partial charge < -0.3 is 15.5 Å². The summed E-state index contributed by atoms with van der Waals surface area (Å²) in [6, 6.07) is 6.13. The number of carbonyl (C=O) groups excluding carboxylic acids is 1. The molecule has 152 valence electrons. The molecule has 0 bridgehead atoms. The molecule has 0 saturated carbocycles. The van der Waals surface area contributed by atoms with Crippen molar-refractivity contribution in [1.29, 1.82) is 0 Å². The lowest BCUT2D eigenvalue weighted by atomic mass is 9.92. The summed E-state index contributed by atoms with van der Waals surface area (Å²) in [7, 11) is 0. The van der Waals surface area contributed by atoms with Crippen molar-refractivity contribution in [2.45, 2.75) is 33.6 Å². The van der Waals surface area contributed by atoms with E-state index in [9.17, 15) is 9.18 Å². The second-order valence-electron chi connectivity index (χ2n) is 7.24. The van der Waals surface area contributed by atoms with Gasteiger partial charge in [-0.15, -0.1) is 24.0 Å². The Hall–Kier alpha value is -1.38. The van der Waals surface area contributed by atoms with Gasteiger partial charge in [-0.25, -0.2) is 4.39 Å². The van der Waals surface area contributed by atoms with Crippen LogP contribution >= 0.6 is 24.0 Å². The first-order valence-corrected chi connectivity index (χ1v) is 9.52. The number of rotatable bonds is 6. The minimum atomic E-state index is -0.319. The zero-order valence-electron chi connectivity index (χ0n) is 16.5. The average molecular weight is 490 g/mol. The van der Waals surface area contributed by atoms with Gasteiger partial charge in [-0.05, 0) is 42.9 Å². The van der Waals surface area contributed by atoms with Crippen LogP contribution in [0, 0.1) is 17.7 Å². The molecule has 5 nitrogen and oxygen atoms in total. The second kappa shape index (κ2) is 12.2. The molecule has 0 aromatic heterocycles. The first kappa shape index (κ1) is 23.7. The summed E-state index contributed by atoms with van der Waals surface area (Å²) in [4.78, 5) is 18.9. The van der Waals surface area contributed by atoms with Gasteiger partial charge in [0.2, 0.25) is 5.91 Å². The van der Waals surface area contributed by atoms with E-state index in [1.165, 1.54) is 18.6 Å². The van der Waals surface area contributed by atoms with E-state index in [0.717, 1.165) is 25.6 Å². The van der Waals surface area contributed by atoms with Crippen LogP contribution in [0.15, 0.2) is 29.3 Å². The van der Waals surface area contributed by atoms with Gasteiger partial charge in [0.15, 0.2) is 5.96 Å². The van der Waals surface area contributed by atoms with Crippen molar-refractivity contribution in [1.82, 2.24) is 15.5 Å². The van der Waals surface area contributed by atoms with Crippen LogP contribution in [0.3, 0.4) is 0 Å². The molecule has 1 heterocycles. The smallest absolute Gasteiger partial charge is 0.224 e. The minimum absolute atomic E-state index is 0. The van der Waals surface area contributed by atoms with Crippen LogP contribution in [0.25, 0.3) is 0 Å². The Bertz CT molecular complexity index is 616. The number of hydrogen-bond acceptors (Lipinski definition) is 2. The number of halogens is 2. The number of nitrogens with zero attached hydrogens (tertiary/aromatic N) is 2. The van der Waals surface area contributed by atoms with E-state index in [-0.39, 0.29) is 42.1 Å². The van der Waals surface area contributed by atoms with E-state index < -0.39 is 0 Å². The Balaban J connectivity index is 0.00000364. The molecule has 2 unspecified atom stereocenters. The first-order chi connectivity index (χ1) is 12.5. The average Bonchev–Trinajstić information content (AvgIpc) is 2.56. The van der Waals surface area contributed by atoms with Crippen molar-refractivity contribution in [3.8, 4) is 0 Å². The largest absolute Gasteiger partial charge is 0.357 e. The predicted octanol–water partition coefficient (Wildman–Crippen LogP) is 3.05. The molecule has 0 spiro atoms. The van der Waals surface area contributed by atoms with Crippen LogP contribution in [0.5, 0.6) is 0 Å². The molecule has 1 aliphatic rings. The molecule has 1 amide bonds. The normalized spacial score (nSPS) is 20.0. The Morgan fingerprint density at radius 3 is 2.59 bits per heavy atom. The minimum Gasteiger partial charge on any atom is -0.357 e. The maximum Gasteiger partial charge on any atom is 0.224 e. The number of amides is 1. The number of guanidine groups is 1. The number of piperidine rings is 1. The fraction of sp³-hybridized carbons (Fsp3) is 0.600. The molecule has 1 fully saturated rings. The summed E-state index contributed by atoms with van der Waals surface area (Å²) in [6.07, 6.45) is 1.44. The van der Waals surface area contributed by atoms with E-state index in [0.29, 0.717) is 30.5 Å². The molecular weight excluding hydrogens is 458 g/mol. The van der Waals surface area contributed by atoms with E-state index in [2.05, 4.69) is 41.3 Å². The van der Waals surface area contributed by atoms with Crippen LogP contribution in [0.4, 0.5) is 4.39 Å². The number of likely N-dealkylation sites (tertiary alicyclic amines) is 1. The van der Waals surface area contributed by atoms with E-state index in [1.807, 2.05) is 0 Å². The Labute approximate surface area is 179 Å². The zero-order chi connectivity index (χ0) is 18.9. The van der Waals surface area contributed by atoms with E-state index in [4.69, 9.17) is 0 Å². The molecule has 1 aromatic carbocycles. The zero-order valence-corrected chi connectivity index (χ0v) is 18.8. The molecule has 1 aromatic rings. The summed E-state index contributed by atoms with van der Waals surface area (Å²) in [6.45, 7) is 10.5. The summed E-state index contributed by atoms with van der Waals surface area (Å²) in [5, 5.41) is 6.20. The predicted molar refractivity (Wildman–Crippen MR) is 119 cm³/mol. The molecular formula is C20H32FIN4O. The second-order valence-corrected chi connectivity index (χ2v) is 7.24. The van der Waals surface area contributed by atoms with Crippen molar-refractivity contribution >= 4 is 35.8 Å². The molecule has 0 radical (unpaired) electrons. The molecule has 2 atom stereocenters. The number of nitrogens with one attached hydrogen (secondary N) is 2. The van der Waals surface area contributed by atoms with Crippen molar-refractivity contribution < 1.29 is 9.18 Å². The van der Waals surface area contributed by atoms with Crippen molar-refractivity contribution in [2.24, 2.45) is 16.8 Å². The van der Waals surface area contributed by atoms with Gasteiger partial charge in [0.25, 0.3) is 0 Å². The summed E-state index contributed by atoms with van der Waals surface area (Å²) in [5.41, 5.74) is 0.677. The number of hydrogen-bond donors (Lipinski definition) is 2. The van der Waals surface area contributed by atoms with Gasteiger partial charge >= 0.3 is 0 Å². The highest BCUT2D eigenvalue weighted by atomic mass is 127. The maximum absolute atomic E-state index is 13.2. The Kier molecular flexibility index (Phi) is 10.6. The lowest BCUT2D eigenvalue weighted by molar-refractivity contribution is -0.120. The van der Waals surface area contributed by atoms with Crippen LogP contribution in [-0.4, -0.2) is 49.5 Å². The number of aliphatic imine (C=N–C) groups is 1. The van der Waals surface area contributed by atoms with Crippen LogP contribution in [-0.2, 0) is 11.2 Å². The van der Waals surface area contributed by atoms with Crippen molar-refractivity contribution in [3.05, 3.63) is 35.6 Å². The highest BCUT2D eigenvalue weighted by Gasteiger charge is 2.23. The first-order valence-electron chi connectivity index (χ1n) is 9.52. The molecule has 27 heavy (non-hydrogen) atoms. The molecule has 0 aliphatic carbocycles. The van der Waals surface area contributed by atoms with Gasteiger partial charge in [-0.1, -0.05) is 26.0 Å². The van der Waals surface area contributed by atoms with Crippen LogP contribution < -0.4 is 10.6 Å². The van der Waals surface area contributed by atoms with Crippen molar-refractivity contribution in [2.75, 3.05) is 32.7 Å². The lowest BCUT2D eigenvalue weighted by Gasteiger charge is -2.37. The Morgan fingerprint density at radius 2 is 1.96 bits per heavy atom. The van der Waals surface area contributed by atoms with Gasteiger partial charge in [-0.3, -0.25) is 9.79 Å². The molecule has 7 heteroatoms. The highest BCUT2D eigenvalue weighted by Crippen LogP contribution is 2.20. The number of carbonyl (C=O) groups is 1. The molecule has 1 saturated heterocycles. The van der Waals surface area contributed by atoms with Gasteiger partial charge in [-0.2, -0.15) is 0 Å². The topological polar surface area (TPSA) is 56.7 Å². The van der Waals surface area contributed by atoms with Crippen LogP contribution in [0.2, 0.25) is 0 Å². The summed E-state index contributed by atoms with van der Waals surface area (Å²) >= 11 is 0. The monoisotopic (exact) mass is 490 g/mol. The van der Waals surface area contributed by atoms with Crippen molar-refractivity contribution in [3.63, 3.8) is 0 Å². The molecule has 1 aliphatic heterocycles.